The van der Waals surface area contributed by atoms with Gasteiger partial charge in [0.05, 0.1) is 12.7 Å². The van der Waals surface area contributed by atoms with Gasteiger partial charge in [-0.05, 0) is 13.8 Å². The first kappa shape index (κ1) is 12.8. The molecule has 6 heteroatoms. The molecule has 1 rings (SSSR count). The van der Waals surface area contributed by atoms with Crippen molar-refractivity contribution in [2.75, 3.05) is 6.61 Å². The van der Waals surface area contributed by atoms with E-state index in [1.54, 1.807) is 13.8 Å². The topological polar surface area (TPSA) is 99.4 Å². The number of hydrogen-bond acceptors (Lipinski definition) is 6. The third-order valence-corrected chi connectivity index (χ3v) is 2.25. The Morgan fingerprint density at radius 3 is 2.20 bits per heavy atom. The van der Waals surface area contributed by atoms with Gasteiger partial charge >= 0.3 is 0 Å². The Morgan fingerprint density at radius 2 is 1.73 bits per heavy atom. The Hall–Kier alpha value is -0.240. The molecule has 1 aliphatic rings. The van der Waals surface area contributed by atoms with Gasteiger partial charge in [-0.2, -0.15) is 0 Å². The van der Waals surface area contributed by atoms with E-state index in [0.29, 0.717) is 0 Å². The Kier molecular flexibility index (Phi) is 4.45. The van der Waals surface area contributed by atoms with Gasteiger partial charge < -0.3 is 29.9 Å². The van der Waals surface area contributed by atoms with E-state index in [4.69, 9.17) is 14.6 Å². The lowest BCUT2D eigenvalue weighted by Gasteiger charge is -2.40. The Labute approximate surface area is 88.1 Å². The lowest BCUT2D eigenvalue weighted by atomic mass is 9.99. The second-order valence-corrected chi connectivity index (χ2v) is 3.88. The molecular weight excluding hydrogens is 204 g/mol. The monoisotopic (exact) mass is 222 g/mol. The molecule has 90 valence electrons. The third-order valence-electron chi connectivity index (χ3n) is 2.25. The fourth-order valence-corrected chi connectivity index (χ4v) is 1.45. The minimum Gasteiger partial charge on any atom is -0.394 e. The Balaban J connectivity index is 2.65. The average Bonchev–Trinajstić information content (AvgIpc) is 2.18. The van der Waals surface area contributed by atoms with E-state index in [1.807, 2.05) is 0 Å². The maximum absolute atomic E-state index is 9.53. The summed E-state index contributed by atoms with van der Waals surface area (Å²) in [5.74, 6) is 0. The molecule has 0 bridgehead atoms. The summed E-state index contributed by atoms with van der Waals surface area (Å²) in [5, 5.41) is 37.3. The van der Waals surface area contributed by atoms with Crippen molar-refractivity contribution in [1.82, 2.24) is 0 Å². The highest BCUT2D eigenvalue weighted by Gasteiger charge is 2.44. The van der Waals surface area contributed by atoms with E-state index >= 15 is 0 Å². The first-order valence-electron chi connectivity index (χ1n) is 4.93. The van der Waals surface area contributed by atoms with Gasteiger partial charge in [-0.15, -0.1) is 0 Å². The molecule has 0 radical (unpaired) electrons. The van der Waals surface area contributed by atoms with E-state index in [9.17, 15) is 15.3 Å². The molecule has 0 aromatic carbocycles. The molecular formula is C9H18O6. The predicted molar refractivity (Wildman–Crippen MR) is 50.0 cm³/mol. The van der Waals surface area contributed by atoms with Crippen molar-refractivity contribution >= 4 is 0 Å². The normalized spacial score (nSPS) is 42.2. The standard InChI is InChI=1S/C9H18O6/c1-4(2)14-9-8(13)7(12)6(11)5(3-10)15-9/h4-13H,3H2,1-2H3/t5?,6-,7+,8?,9+/m1/s1. The highest BCUT2D eigenvalue weighted by molar-refractivity contribution is 4.88. The van der Waals surface area contributed by atoms with Gasteiger partial charge in [0.1, 0.15) is 24.4 Å². The summed E-state index contributed by atoms with van der Waals surface area (Å²) in [7, 11) is 0. The molecule has 2 unspecified atom stereocenters. The van der Waals surface area contributed by atoms with Crippen molar-refractivity contribution in [1.29, 1.82) is 0 Å². The molecule has 1 aliphatic heterocycles. The van der Waals surface area contributed by atoms with Crippen molar-refractivity contribution in [3.8, 4) is 0 Å². The van der Waals surface area contributed by atoms with Crippen LogP contribution in [0.2, 0.25) is 0 Å². The van der Waals surface area contributed by atoms with E-state index in [2.05, 4.69) is 0 Å². The van der Waals surface area contributed by atoms with Crippen LogP contribution < -0.4 is 0 Å². The maximum atomic E-state index is 9.53. The van der Waals surface area contributed by atoms with Crippen molar-refractivity contribution < 1.29 is 29.9 Å². The summed E-state index contributed by atoms with van der Waals surface area (Å²) in [4.78, 5) is 0. The van der Waals surface area contributed by atoms with Crippen LogP contribution in [0.25, 0.3) is 0 Å². The molecule has 5 atom stereocenters. The molecule has 0 spiro atoms. The number of rotatable bonds is 3. The Bertz CT molecular complexity index is 195. The summed E-state index contributed by atoms with van der Waals surface area (Å²) in [6.07, 6.45) is -6.15. The first-order chi connectivity index (χ1) is 6.97. The summed E-state index contributed by atoms with van der Waals surface area (Å²) >= 11 is 0. The zero-order chi connectivity index (χ0) is 11.6. The fraction of sp³-hybridized carbons (Fsp3) is 1.00. The summed E-state index contributed by atoms with van der Waals surface area (Å²) in [6.45, 7) is 3.06. The Morgan fingerprint density at radius 1 is 1.13 bits per heavy atom. The molecule has 0 amide bonds. The molecule has 15 heavy (non-hydrogen) atoms. The molecule has 1 heterocycles. The minimum atomic E-state index is -1.38. The molecule has 6 nitrogen and oxygen atoms in total. The van der Waals surface area contributed by atoms with Gasteiger partial charge in [-0.1, -0.05) is 0 Å². The van der Waals surface area contributed by atoms with Crippen LogP contribution in [-0.2, 0) is 9.47 Å². The van der Waals surface area contributed by atoms with E-state index in [1.165, 1.54) is 0 Å². The van der Waals surface area contributed by atoms with E-state index in [0.717, 1.165) is 0 Å². The molecule has 0 aliphatic carbocycles. The third kappa shape index (κ3) is 2.87. The lowest BCUT2D eigenvalue weighted by molar-refractivity contribution is -0.308. The molecule has 0 saturated carbocycles. The number of hydrogen-bond donors (Lipinski definition) is 4. The van der Waals surface area contributed by atoms with E-state index < -0.39 is 37.3 Å². The van der Waals surface area contributed by atoms with Gasteiger partial charge in [0.15, 0.2) is 6.29 Å². The van der Waals surface area contributed by atoms with Crippen molar-refractivity contribution in [3.05, 3.63) is 0 Å². The SMILES string of the molecule is CC(C)O[C@H]1OC(CO)[C@@H](O)[C@H](O)C1O. The van der Waals surface area contributed by atoms with Crippen LogP contribution in [0.15, 0.2) is 0 Å². The van der Waals surface area contributed by atoms with Crippen LogP contribution in [0.1, 0.15) is 13.8 Å². The maximum Gasteiger partial charge on any atom is 0.186 e. The lowest BCUT2D eigenvalue weighted by Crippen LogP contribution is -2.59. The van der Waals surface area contributed by atoms with Gasteiger partial charge in [0.25, 0.3) is 0 Å². The van der Waals surface area contributed by atoms with Crippen LogP contribution >= 0.6 is 0 Å². The molecule has 0 aromatic rings. The zero-order valence-corrected chi connectivity index (χ0v) is 8.78. The van der Waals surface area contributed by atoms with Crippen LogP contribution in [0, 0.1) is 0 Å². The fourth-order valence-electron chi connectivity index (χ4n) is 1.45. The van der Waals surface area contributed by atoms with Crippen LogP contribution in [-0.4, -0.2) is 63.8 Å². The van der Waals surface area contributed by atoms with Crippen LogP contribution in [0.5, 0.6) is 0 Å². The van der Waals surface area contributed by atoms with Crippen LogP contribution in [0.3, 0.4) is 0 Å². The van der Waals surface area contributed by atoms with Crippen molar-refractivity contribution in [2.45, 2.75) is 50.7 Å². The highest BCUT2D eigenvalue weighted by atomic mass is 16.7. The van der Waals surface area contributed by atoms with Crippen molar-refractivity contribution in [2.24, 2.45) is 0 Å². The van der Waals surface area contributed by atoms with Gasteiger partial charge in [0, 0.05) is 0 Å². The van der Waals surface area contributed by atoms with E-state index in [-0.39, 0.29) is 6.10 Å². The smallest absolute Gasteiger partial charge is 0.186 e. The molecule has 1 saturated heterocycles. The summed E-state index contributed by atoms with van der Waals surface area (Å²) in [6, 6.07) is 0. The molecule has 4 N–H and O–H groups in total. The van der Waals surface area contributed by atoms with Crippen molar-refractivity contribution in [3.63, 3.8) is 0 Å². The first-order valence-corrected chi connectivity index (χ1v) is 4.93. The van der Waals surface area contributed by atoms with Crippen LogP contribution in [0.4, 0.5) is 0 Å². The largest absolute Gasteiger partial charge is 0.394 e. The highest BCUT2D eigenvalue weighted by Crippen LogP contribution is 2.22. The predicted octanol–water partition coefficient (Wildman–Crippen LogP) is -1.79. The average molecular weight is 222 g/mol. The minimum absolute atomic E-state index is 0.188. The second-order valence-electron chi connectivity index (χ2n) is 3.88. The van der Waals surface area contributed by atoms with Gasteiger partial charge in [-0.25, -0.2) is 0 Å². The number of aliphatic hydroxyl groups excluding tert-OH is 4. The van der Waals surface area contributed by atoms with Gasteiger partial charge in [-0.3, -0.25) is 0 Å². The second kappa shape index (κ2) is 5.20. The summed E-state index contributed by atoms with van der Waals surface area (Å²) in [5.41, 5.74) is 0. The number of ether oxygens (including phenoxy) is 2. The molecule has 0 aromatic heterocycles. The molecule has 1 fully saturated rings. The summed E-state index contributed by atoms with van der Waals surface area (Å²) < 4.78 is 10.3. The quantitative estimate of drug-likeness (QED) is 0.450. The number of aliphatic hydroxyl groups is 4. The van der Waals surface area contributed by atoms with Gasteiger partial charge in [0.2, 0.25) is 0 Å². The zero-order valence-electron chi connectivity index (χ0n) is 8.78.